The topological polar surface area (TPSA) is 0 Å². The van der Waals surface area contributed by atoms with E-state index in [0.717, 1.165) is 29.6 Å². The minimum absolute atomic E-state index is 0.838. The van der Waals surface area contributed by atoms with Crippen molar-refractivity contribution in [3.05, 3.63) is 12.7 Å². The van der Waals surface area contributed by atoms with Crippen LogP contribution in [0.4, 0.5) is 0 Å². The molecule has 20 heavy (non-hydrogen) atoms. The number of hydrogen-bond donors (Lipinski definition) is 0. The Kier molecular flexibility index (Phi) is 5.24. The van der Waals surface area contributed by atoms with Crippen LogP contribution in [0.3, 0.4) is 0 Å². The maximum atomic E-state index is 3.98. The van der Waals surface area contributed by atoms with E-state index >= 15 is 0 Å². The van der Waals surface area contributed by atoms with E-state index in [0.29, 0.717) is 0 Å². The molecule has 0 unspecified atom stereocenters. The molecule has 0 spiro atoms. The molecular formula is C20H34. The predicted molar refractivity (Wildman–Crippen MR) is 87.7 cm³/mol. The Morgan fingerprint density at radius 3 is 1.35 bits per heavy atom. The summed E-state index contributed by atoms with van der Waals surface area (Å²) in [6.07, 6.45) is 22.0. The summed E-state index contributed by atoms with van der Waals surface area (Å²) < 4.78 is 0. The number of rotatable bonds is 3. The molecule has 0 aromatic rings. The van der Waals surface area contributed by atoms with E-state index in [1.807, 2.05) is 0 Å². The van der Waals surface area contributed by atoms with Crippen molar-refractivity contribution >= 4 is 0 Å². The SMILES string of the molecule is C=CC1CCC(C2CCC(C3CCCCC3)CC2)CC1. The summed E-state index contributed by atoms with van der Waals surface area (Å²) in [4.78, 5) is 0. The molecule has 0 amide bonds. The van der Waals surface area contributed by atoms with Crippen molar-refractivity contribution in [1.29, 1.82) is 0 Å². The van der Waals surface area contributed by atoms with Crippen LogP contribution in [-0.2, 0) is 0 Å². The second kappa shape index (κ2) is 7.14. The van der Waals surface area contributed by atoms with Crippen molar-refractivity contribution in [2.45, 2.75) is 83.5 Å². The fraction of sp³-hybridized carbons (Fsp3) is 0.900. The van der Waals surface area contributed by atoms with Crippen LogP contribution in [0.1, 0.15) is 83.5 Å². The second-order valence-corrected chi connectivity index (χ2v) is 7.98. The molecular weight excluding hydrogens is 240 g/mol. The Morgan fingerprint density at radius 1 is 0.500 bits per heavy atom. The lowest BCUT2D eigenvalue weighted by molar-refractivity contribution is 0.117. The fourth-order valence-electron chi connectivity index (χ4n) is 5.55. The van der Waals surface area contributed by atoms with Crippen LogP contribution < -0.4 is 0 Å². The van der Waals surface area contributed by atoms with Gasteiger partial charge in [-0.05, 0) is 81.0 Å². The van der Waals surface area contributed by atoms with E-state index < -0.39 is 0 Å². The highest BCUT2D eigenvalue weighted by atomic mass is 14.4. The Labute approximate surface area is 126 Å². The van der Waals surface area contributed by atoms with Crippen molar-refractivity contribution in [2.24, 2.45) is 29.6 Å². The maximum absolute atomic E-state index is 3.98. The third-order valence-corrected chi connectivity index (χ3v) is 6.95. The minimum atomic E-state index is 0.838. The lowest BCUT2D eigenvalue weighted by Crippen LogP contribution is -2.28. The molecule has 0 aliphatic heterocycles. The van der Waals surface area contributed by atoms with Gasteiger partial charge in [-0.1, -0.05) is 38.2 Å². The average Bonchev–Trinajstić information content (AvgIpc) is 2.56. The first-order chi connectivity index (χ1) is 9.86. The van der Waals surface area contributed by atoms with Crippen LogP contribution in [0, 0.1) is 29.6 Å². The van der Waals surface area contributed by atoms with Gasteiger partial charge in [0.2, 0.25) is 0 Å². The minimum Gasteiger partial charge on any atom is -0.103 e. The van der Waals surface area contributed by atoms with Crippen molar-refractivity contribution < 1.29 is 0 Å². The van der Waals surface area contributed by atoms with E-state index in [-0.39, 0.29) is 0 Å². The van der Waals surface area contributed by atoms with Crippen LogP contribution in [0.25, 0.3) is 0 Å². The third-order valence-electron chi connectivity index (χ3n) is 6.95. The largest absolute Gasteiger partial charge is 0.103 e. The van der Waals surface area contributed by atoms with Crippen molar-refractivity contribution in [2.75, 3.05) is 0 Å². The van der Waals surface area contributed by atoms with Gasteiger partial charge in [0.1, 0.15) is 0 Å². The molecule has 0 bridgehead atoms. The van der Waals surface area contributed by atoms with E-state index in [1.54, 1.807) is 38.5 Å². The summed E-state index contributed by atoms with van der Waals surface area (Å²) in [7, 11) is 0. The quantitative estimate of drug-likeness (QED) is 0.525. The van der Waals surface area contributed by atoms with Crippen LogP contribution in [0.2, 0.25) is 0 Å². The highest BCUT2D eigenvalue weighted by Crippen LogP contribution is 2.45. The Bertz CT molecular complexity index is 283. The highest BCUT2D eigenvalue weighted by molar-refractivity contribution is 4.88. The molecule has 0 nitrogen and oxygen atoms in total. The molecule has 0 N–H and O–H groups in total. The zero-order valence-electron chi connectivity index (χ0n) is 13.4. The zero-order chi connectivity index (χ0) is 13.8. The number of allylic oxidation sites excluding steroid dienone is 1. The van der Waals surface area contributed by atoms with E-state index in [9.17, 15) is 0 Å². The smallest absolute Gasteiger partial charge is 0.0236 e. The molecule has 0 aromatic heterocycles. The Hall–Kier alpha value is -0.260. The molecule has 0 heterocycles. The standard InChI is InChI=1S/C20H34/c1-2-16-8-10-18(11-9-16)20-14-12-19(13-15-20)17-6-4-3-5-7-17/h2,16-20H,1,3-15H2. The van der Waals surface area contributed by atoms with Gasteiger partial charge in [-0.15, -0.1) is 6.58 Å². The molecule has 0 saturated heterocycles. The van der Waals surface area contributed by atoms with Gasteiger partial charge < -0.3 is 0 Å². The van der Waals surface area contributed by atoms with E-state index in [4.69, 9.17) is 0 Å². The summed E-state index contributed by atoms with van der Waals surface area (Å²) >= 11 is 0. The van der Waals surface area contributed by atoms with Crippen molar-refractivity contribution in [3.8, 4) is 0 Å². The highest BCUT2D eigenvalue weighted by Gasteiger charge is 2.33. The van der Waals surface area contributed by atoms with Gasteiger partial charge in [-0.3, -0.25) is 0 Å². The molecule has 0 radical (unpaired) electrons. The Balaban J connectivity index is 1.43. The van der Waals surface area contributed by atoms with Crippen LogP contribution in [0.15, 0.2) is 12.7 Å². The van der Waals surface area contributed by atoms with Gasteiger partial charge in [0, 0.05) is 0 Å². The summed E-state index contributed by atoms with van der Waals surface area (Å²) in [5, 5.41) is 0. The molecule has 114 valence electrons. The molecule has 0 aromatic carbocycles. The lowest BCUT2D eigenvalue weighted by Gasteiger charge is -2.40. The van der Waals surface area contributed by atoms with Gasteiger partial charge in [0.15, 0.2) is 0 Å². The molecule has 3 fully saturated rings. The normalized spacial score (nSPS) is 40.4. The van der Waals surface area contributed by atoms with Crippen molar-refractivity contribution in [3.63, 3.8) is 0 Å². The first-order valence-corrected chi connectivity index (χ1v) is 9.49. The van der Waals surface area contributed by atoms with Crippen LogP contribution >= 0.6 is 0 Å². The Morgan fingerprint density at radius 2 is 0.900 bits per heavy atom. The number of hydrogen-bond acceptors (Lipinski definition) is 0. The molecule has 3 aliphatic rings. The molecule has 3 aliphatic carbocycles. The summed E-state index contributed by atoms with van der Waals surface area (Å²) in [6.45, 7) is 3.98. The zero-order valence-corrected chi connectivity index (χ0v) is 13.4. The molecule has 3 rings (SSSR count). The fourth-order valence-corrected chi connectivity index (χ4v) is 5.55. The molecule has 0 atom stereocenters. The van der Waals surface area contributed by atoms with Gasteiger partial charge >= 0.3 is 0 Å². The van der Waals surface area contributed by atoms with E-state index in [2.05, 4.69) is 12.7 Å². The molecule has 3 saturated carbocycles. The van der Waals surface area contributed by atoms with Gasteiger partial charge in [0.05, 0.1) is 0 Å². The average molecular weight is 274 g/mol. The first kappa shape index (κ1) is 14.7. The lowest BCUT2D eigenvalue weighted by atomic mass is 9.66. The van der Waals surface area contributed by atoms with E-state index in [1.165, 1.54) is 44.9 Å². The second-order valence-electron chi connectivity index (χ2n) is 7.98. The van der Waals surface area contributed by atoms with Gasteiger partial charge in [-0.2, -0.15) is 0 Å². The summed E-state index contributed by atoms with van der Waals surface area (Å²) in [5.41, 5.74) is 0. The van der Waals surface area contributed by atoms with Crippen molar-refractivity contribution in [1.82, 2.24) is 0 Å². The van der Waals surface area contributed by atoms with Crippen LogP contribution in [-0.4, -0.2) is 0 Å². The third kappa shape index (κ3) is 3.49. The van der Waals surface area contributed by atoms with Gasteiger partial charge in [-0.25, -0.2) is 0 Å². The first-order valence-electron chi connectivity index (χ1n) is 9.49. The summed E-state index contributed by atoms with van der Waals surface area (Å²) in [6, 6.07) is 0. The predicted octanol–water partition coefficient (Wildman–Crippen LogP) is 6.37. The molecule has 0 heteroatoms. The monoisotopic (exact) mass is 274 g/mol. The summed E-state index contributed by atoms with van der Waals surface area (Å²) in [5.74, 6) is 5.21. The maximum Gasteiger partial charge on any atom is -0.0236 e. The van der Waals surface area contributed by atoms with Crippen LogP contribution in [0.5, 0.6) is 0 Å². The van der Waals surface area contributed by atoms with Gasteiger partial charge in [0.25, 0.3) is 0 Å².